The van der Waals surface area contributed by atoms with Crippen LogP contribution in [0.15, 0.2) is 47.0 Å². The van der Waals surface area contributed by atoms with E-state index in [0.717, 1.165) is 37.0 Å². The quantitative estimate of drug-likeness (QED) is 0.484. The van der Waals surface area contributed by atoms with Crippen LogP contribution in [0.4, 0.5) is 0 Å². The Kier molecular flexibility index (Phi) is 7.44. The fourth-order valence-corrected chi connectivity index (χ4v) is 4.95. The van der Waals surface area contributed by atoms with E-state index < -0.39 is 0 Å². The summed E-state index contributed by atoms with van der Waals surface area (Å²) in [6, 6.07) is 10.2. The predicted molar refractivity (Wildman–Crippen MR) is 122 cm³/mol. The number of carbonyl (C=O) groups is 1. The van der Waals surface area contributed by atoms with Gasteiger partial charge in [0, 0.05) is 23.7 Å². The lowest BCUT2D eigenvalue weighted by atomic mass is 9.88. The molecule has 2 aromatic rings. The van der Waals surface area contributed by atoms with Gasteiger partial charge in [0.2, 0.25) is 0 Å². The molecule has 5 heteroatoms. The zero-order valence-corrected chi connectivity index (χ0v) is 18.6. The van der Waals surface area contributed by atoms with Gasteiger partial charge in [-0.15, -0.1) is 0 Å². The normalized spacial score (nSPS) is 18.4. The number of allylic oxidation sites excluding steroid dienone is 1. The fourth-order valence-electron chi connectivity index (χ4n) is 4.95. The topological polar surface area (TPSA) is 55.6 Å². The summed E-state index contributed by atoms with van der Waals surface area (Å²) in [6.45, 7) is 2.52. The van der Waals surface area contributed by atoms with Crippen molar-refractivity contribution in [3.8, 4) is 17.1 Å². The van der Waals surface area contributed by atoms with Gasteiger partial charge in [-0.3, -0.25) is 4.79 Å². The van der Waals surface area contributed by atoms with Crippen molar-refractivity contribution in [1.29, 1.82) is 0 Å². The number of hydrogen-bond donors (Lipinski definition) is 0. The Hall–Kier alpha value is -2.56. The molecule has 4 rings (SSSR count). The number of ether oxygens (including phenoxy) is 1. The van der Waals surface area contributed by atoms with Crippen LogP contribution in [0.25, 0.3) is 11.3 Å². The number of hydrogen-bond acceptors (Lipinski definition) is 4. The number of aromatic nitrogens is 1. The van der Waals surface area contributed by atoms with Gasteiger partial charge in [-0.05, 0) is 56.9 Å². The van der Waals surface area contributed by atoms with Crippen LogP contribution in [-0.2, 0) is 0 Å². The maximum atomic E-state index is 13.6. The molecule has 0 aliphatic heterocycles. The van der Waals surface area contributed by atoms with Gasteiger partial charge in [0.05, 0.1) is 0 Å². The fraction of sp³-hybridized carbons (Fsp3) is 0.538. The van der Waals surface area contributed by atoms with Gasteiger partial charge in [-0.2, -0.15) is 0 Å². The van der Waals surface area contributed by atoms with Gasteiger partial charge >= 0.3 is 0 Å². The van der Waals surface area contributed by atoms with Crippen LogP contribution in [0.1, 0.15) is 81.6 Å². The number of amides is 1. The minimum atomic E-state index is 0.0418. The van der Waals surface area contributed by atoms with Crippen molar-refractivity contribution >= 4 is 5.91 Å². The van der Waals surface area contributed by atoms with E-state index in [9.17, 15) is 4.79 Å². The first-order chi connectivity index (χ1) is 15.3. The van der Waals surface area contributed by atoms with Gasteiger partial charge < -0.3 is 14.2 Å². The highest BCUT2D eigenvalue weighted by Gasteiger charge is 2.34. The third kappa shape index (κ3) is 5.38. The van der Waals surface area contributed by atoms with Crippen molar-refractivity contribution in [2.24, 2.45) is 0 Å². The standard InChI is InChI=1S/C26H34N2O3/c1-2-3-18-30-23-16-14-20(15-17-23)25-19-24(27-31-25)26(29)28(21-10-6-4-7-11-21)22-12-8-5-9-13-22/h2-3,14-17,19,21-22H,4-13,18H2,1H3/b3-2+. The van der Waals surface area contributed by atoms with E-state index in [0.29, 0.717) is 30.1 Å². The largest absolute Gasteiger partial charge is 0.490 e. The highest BCUT2D eigenvalue weighted by Crippen LogP contribution is 2.32. The molecule has 0 bridgehead atoms. The second-order valence-corrected chi connectivity index (χ2v) is 8.78. The van der Waals surface area contributed by atoms with E-state index in [-0.39, 0.29) is 5.91 Å². The molecule has 0 unspecified atom stereocenters. The molecule has 31 heavy (non-hydrogen) atoms. The van der Waals surface area contributed by atoms with Crippen LogP contribution in [0.5, 0.6) is 5.75 Å². The minimum Gasteiger partial charge on any atom is -0.490 e. The third-order valence-electron chi connectivity index (χ3n) is 6.62. The first-order valence-corrected chi connectivity index (χ1v) is 11.9. The van der Waals surface area contributed by atoms with E-state index in [4.69, 9.17) is 9.26 Å². The van der Waals surface area contributed by atoms with Crippen molar-refractivity contribution in [3.63, 3.8) is 0 Å². The summed E-state index contributed by atoms with van der Waals surface area (Å²) in [5.74, 6) is 1.47. The van der Waals surface area contributed by atoms with Crippen LogP contribution < -0.4 is 4.74 Å². The summed E-state index contributed by atoms with van der Waals surface area (Å²) in [4.78, 5) is 15.7. The zero-order chi connectivity index (χ0) is 21.5. The lowest BCUT2D eigenvalue weighted by Crippen LogP contribution is -2.48. The molecule has 0 saturated heterocycles. The molecule has 1 aromatic carbocycles. The number of rotatable bonds is 7. The average Bonchev–Trinajstić information content (AvgIpc) is 3.32. The van der Waals surface area contributed by atoms with E-state index >= 15 is 0 Å². The van der Waals surface area contributed by atoms with Crippen molar-refractivity contribution < 1.29 is 14.1 Å². The minimum absolute atomic E-state index is 0.0418. The van der Waals surface area contributed by atoms with Gasteiger partial charge in [0.1, 0.15) is 12.4 Å². The lowest BCUT2D eigenvalue weighted by Gasteiger charge is -2.41. The Morgan fingerprint density at radius 1 is 1.03 bits per heavy atom. The smallest absolute Gasteiger partial charge is 0.276 e. The zero-order valence-electron chi connectivity index (χ0n) is 18.6. The van der Waals surface area contributed by atoms with Crippen molar-refractivity contribution in [3.05, 3.63) is 48.2 Å². The van der Waals surface area contributed by atoms with Crippen LogP contribution in [0.3, 0.4) is 0 Å². The molecule has 5 nitrogen and oxygen atoms in total. The molecule has 166 valence electrons. The Balaban J connectivity index is 1.49. The molecule has 2 fully saturated rings. The molecule has 0 N–H and O–H groups in total. The molecule has 1 heterocycles. The van der Waals surface area contributed by atoms with E-state index in [1.165, 1.54) is 38.5 Å². The maximum Gasteiger partial charge on any atom is 0.276 e. The molecule has 0 radical (unpaired) electrons. The summed E-state index contributed by atoms with van der Waals surface area (Å²) in [6.07, 6.45) is 15.8. The van der Waals surface area contributed by atoms with Gasteiger partial charge in [-0.25, -0.2) is 0 Å². The van der Waals surface area contributed by atoms with Gasteiger partial charge in [-0.1, -0.05) is 55.8 Å². The Morgan fingerprint density at radius 2 is 1.65 bits per heavy atom. The average molecular weight is 423 g/mol. The summed E-state index contributed by atoms with van der Waals surface area (Å²) in [5.41, 5.74) is 1.33. The highest BCUT2D eigenvalue weighted by molar-refractivity contribution is 5.93. The first-order valence-electron chi connectivity index (χ1n) is 11.9. The van der Waals surface area contributed by atoms with Gasteiger partial charge in [0.25, 0.3) is 5.91 Å². The Morgan fingerprint density at radius 3 is 2.23 bits per heavy atom. The van der Waals surface area contributed by atoms with Crippen LogP contribution >= 0.6 is 0 Å². The monoisotopic (exact) mass is 422 g/mol. The first kappa shape index (κ1) is 21.7. The molecule has 1 amide bonds. The molecule has 2 aliphatic rings. The van der Waals surface area contributed by atoms with Crippen LogP contribution in [-0.4, -0.2) is 34.7 Å². The summed E-state index contributed by atoms with van der Waals surface area (Å²) in [7, 11) is 0. The maximum absolute atomic E-state index is 13.6. The second-order valence-electron chi connectivity index (χ2n) is 8.78. The summed E-state index contributed by atoms with van der Waals surface area (Å²) < 4.78 is 11.2. The lowest BCUT2D eigenvalue weighted by molar-refractivity contribution is 0.0438. The SMILES string of the molecule is C/C=C/COc1ccc(-c2cc(C(=O)N(C3CCCCC3)C3CCCCC3)no2)cc1. The molecule has 2 saturated carbocycles. The molecule has 0 atom stereocenters. The molecule has 0 spiro atoms. The van der Waals surface area contributed by atoms with E-state index in [1.54, 1.807) is 6.07 Å². The van der Waals surface area contributed by atoms with Crippen LogP contribution in [0.2, 0.25) is 0 Å². The highest BCUT2D eigenvalue weighted by atomic mass is 16.5. The Bertz CT molecular complexity index is 841. The number of carbonyl (C=O) groups excluding carboxylic acids is 1. The van der Waals surface area contributed by atoms with Gasteiger partial charge in [0.15, 0.2) is 11.5 Å². The third-order valence-corrected chi connectivity index (χ3v) is 6.62. The van der Waals surface area contributed by atoms with Crippen molar-refractivity contribution in [2.45, 2.75) is 83.2 Å². The number of nitrogens with zero attached hydrogens (tertiary/aromatic N) is 2. The van der Waals surface area contributed by atoms with E-state index in [1.807, 2.05) is 43.3 Å². The van der Waals surface area contributed by atoms with Crippen LogP contribution in [0, 0.1) is 0 Å². The van der Waals surface area contributed by atoms with E-state index in [2.05, 4.69) is 10.1 Å². The molecule has 2 aliphatic carbocycles. The second kappa shape index (κ2) is 10.7. The summed E-state index contributed by atoms with van der Waals surface area (Å²) in [5, 5.41) is 4.18. The molecular formula is C26H34N2O3. The molecular weight excluding hydrogens is 388 g/mol. The van der Waals surface area contributed by atoms with Crippen molar-refractivity contribution in [2.75, 3.05) is 6.61 Å². The summed E-state index contributed by atoms with van der Waals surface area (Å²) >= 11 is 0. The van der Waals surface area contributed by atoms with Crippen molar-refractivity contribution in [1.82, 2.24) is 10.1 Å². The predicted octanol–water partition coefficient (Wildman–Crippen LogP) is 6.40. The Labute approximate surface area is 185 Å². The number of benzene rings is 1. The molecule has 1 aromatic heterocycles.